The summed E-state index contributed by atoms with van der Waals surface area (Å²) in [5, 5.41) is 5.89. The van der Waals surface area contributed by atoms with Crippen LogP contribution in [0.15, 0.2) is 18.2 Å². The summed E-state index contributed by atoms with van der Waals surface area (Å²) >= 11 is -0.535. The Balaban J connectivity index is 2.08. The summed E-state index contributed by atoms with van der Waals surface area (Å²) in [5.74, 6) is -0.917. The Hall–Kier alpha value is -1.75. The molecule has 0 radical (unpaired) electrons. The van der Waals surface area contributed by atoms with Gasteiger partial charge in [-0.2, -0.15) is 17.1 Å². The highest BCUT2D eigenvalue weighted by molar-refractivity contribution is 7.94. The number of benzene rings is 1. The van der Waals surface area contributed by atoms with Gasteiger partial charge in [-0.05, 0) is 37.6 Å². The molecule has 1 aromatic rings. The lowest BCUT2D eigenvalue weighted by Crippen LogP contribution is -2.43. The topological polar surface area (TPSA) is 59.6 Å². The molecule has 0 aliphatic carbocycles. The molecule has 0 spiro atoms. The second-order valence-electron chi connectivity index (χ2n) is 6.23. The van der Waals surface area contributed by atoms with Crippen LogP contribution in [0.4, 0.5) is 21.4 Å². The summed E-state index contributed by atoms with van der Waals surface area (Å²) in [7, 11) is 0. The minimum absolute atomic E-state index is 0.0111. The van der Waals surface area contributed by atoms with Gasteiger partial charge in [-0.15, -0.1) is 0 Å². The van der Waals surface area contributed by atoms with Gasteiger partial charge in [-0.1, -0.05) is 6.42 Å². The SMILES string of the molecule is O=C(NCC1CCCCN1)c1cc(OCC(F)SF)ccc1OCC(F)(F)F. The van der Waals surface area contributed by atoms with Crippen molar-refractivity contribution >= 4 is 18.1 Å². The van der Waals surface area contributed by atoms with E-state index in [0.717, 1.165) is 37.9 Å². The van der Waals surface area contributed by atoms with E-state index in [2.05, 4.69) is 10.6 Å². The molecule has 2 N–H and O–H groups in total. The van der Waals surface area contributed by atoms with Crippen LogP contribution in [0.5, 0.6) is 11.5 Å². The van der Waals surface area contributed by atoms with Crippen molar-refractivity contribution in [1.29, 1.82) is 0 Å². The fourth-order valence-corrected chi connectivity index (χ4v) is 2.78. The standard InChI is InChI=1S/C17H21F5N2O3S/c18-15(28-22)9-26-12-4-5-14(27-10-17(19,20)21)13(7-12)16(25)24-8-11-3-1-2-6-23-11/h4-5,7,11,15,23H,1-3,6,8-10H2,(H,24,25). The van der Waals surface area contributed by atoms with Gasteiger partial charge in [-0.25, -0.2) is 4.39 Å². The van der Waals surface area contributed by atoms with E-state index in [4.69, 9.17) is 9.47 Å². The van der Waals surface area contributed by atoms with E-state index in [0.29, 0.717) is 6.54 Å². The number of carbonyl (C=O) groups is 1. The average Bonchev–Trinajstić information content (AvgIpc) is 2.69. The van der Waals surface area contributed by atoms with Crippen LogP contribution in [0.1, 0.15) is 29.6 Å². The summed E-state index contributed by atoms with van der Waals surface area (Å²) in [6, 6.07) is 3.57. The van der Waals surface area contributed by atoms with Gasteiger partial charge >= 0.3 is 6.18 Å². The molecule has 0 aromatic heterocycles. The fourth-order valence-electron chi connectivity index (χ4n) is 2.66. The Bertz CT molecular complexity index is 642. The highest BCUT2D eigenvalue weighted by atomic mass is 32.2. The number of amides is 1. The number of hydrogen-bond donors (Lipinski definition) is 2. The van der Waals surface area contributed by atoms with Crippen molar-refractivity contribution in [3.63, 3.8) is 0 Å². The van der Waals surface area contributed by atoms with Gasteiger partial charge in [0.25, 0.3) is 5.91 Å². The number of alkyl halides is 4. The normalized spacial score (nSPS) is 18.4. The van der Waals surface area contributed by atoms with E-state index in [-0.39, 0.29) is 23.1 Å². The van der Waals surface area contributed by atoms with Crippen LogP contribution in [-0.4, -0.2) is 49.9 Å². The lowest BCUT2D eigenvalue weighted by molar-refractivity contribution is -0.153. The number of hydrogen-bond acceptors (Lipinski definition) is 5. The molecule has 0 bridgehead atoms. The maximum atomic E-state index is 13.0. The Kier molecular flexibility index (Phi) is 8.61. The molecule has 1 aromatic carbocycles. The van der Waals surface area contributed by atoms with Crippen molar-refractivity contribution < 1.29 is 35.7 Å². The van der Waals surface area contributed by atoms with Gasteiger partial charge in [0.1, 0.15) is 18.1 Å². The van der Waals surface area contributed by atoms with E-state index in [9.17, 15) is 26.2 Å². The van der Waals surface area contributed by atoms with E-state index in [1.54, 1.807) is 0 Å². The number of ether oxygens (including phenoxy) is 2. The molecule has 1 aliphatic heterocycles. The fraction of sp³-hybridized carbons (Fsp3) is 0.588. The van der Waals surface area contributed by atoms with Crippen LogP contribution in [0.3, 0.4) is 0 Å². The monoisotopic (exact) mass is 428 g/mol. The number of halogens is 5. The third kappa shape index (κ3) is 7.70. The van der Waals surface area contributed by atoms with Gasteiger partial charge in [0.15, 0.2) is 6.61 Å². The minimum atomic E-state index is -4.57. The first-order valence-corrected chi connectivity index (χ1v) is 9.46. The maximum Gasteiger partial charge on any atom is 0.422 e. The molecule has 5 nitrogen and oxygen atoms in total. The van der Waals surface area contributed by atoms with E-state index in [1.165, 1.54) is 6.07 Å². The summed E-state index contributed by atoms with van der Waals surface area (Å²) in [6.07, 6.45) is -1.63. The summed E-state index contributed by atoms with van der Waals surface area (Å²) in [5.41, 5.74) is -2.10. The molecular weight excluding hydrogens is 407 g/mol. The highest BCUT2D eigenvalue weighted by Crippen LogP contribution is 2.27. The van der Waals surface area contributed by atoms with E-state index < -0.39 is 42.9 Å². The number of carbonyl (C=O) groups excluding carboxylic acids is 1. The molecule has 158 valence electrons. The van der Waals surface area contributed by atoms with Crippen LogP contribution in [0.25, 0.3) is 0 Å². The zero-order chi connectivity index (χ0) is 20.6. The Morgan fingerprint density at radius 1 is 1.32 bits per heavy atom. The molecule has 11 heteroatoms. The second-order valence-corrected chi connectivity index (χ2v) is 6.92. The number of nitrogens with one attached hydrogen (secondary N) is 2. The molecule has 2 atom stereocenters. The summed E-state index contributed by atoms with van der Waals surface area (Å²) in [6.45, 7) is -1.05. The number of piperidine rings is 1. The molecule has 2 rings (SSSR count). The second kappa shape index (κ2) is 10.7. The van der Waals surface area contributed by atoms with E-state index >= 15 is 0 Å². The quantitative estimate of drug-likeness (QED) is 0.586. The van der Waals surface area contributed by atoms with E-state index in [1.807, 2.05) is 0 Å². The van der Waals surface area contributed by atoms with Crippen LogP contribution in [-0.2, 0) is 0 Å². The van der Waals surface area contributed by atoms with Crippen LogP contribution in [0, 0.1) is 0 Å². The van der Waals surface area contributed by atoms with Crippen LogP contribution in [0.2, 0.25) is 0 Å². The van der Waals surface area contributed by atoms with Crippen molar-refractivity contribution in [3.8, 4) is 11.5 Å². The predicted molar refractivity (Wildman–Crippen MR) is 95.1 cm³/mol. The highest BCUT2D eigenvalue weighted by Gasteiger charge is 2.29. The van der Waals surface area contributed by atoms with Crippen molar-refractivity contribution in [3.05, 3.63) is 23.8 Å². The first-order valence-electron chi connectivity index (χ1n) is 8.68. The molecular formula is C17H21F5N2O3S. The molecule has 1 aliphatic rings. The Morgan fingerprint density at radius 3 is 2.75 bits per heavy atom. The zero-order valence-electron chi connectivity index (χ0n) is 14.9. The molecule has 1 heterocycles. The predicted octanol–water partition coefficient (Wildman–Crippen LogP) is 3.79. The summed E-state index contributed by atoms with van der Waals surface area (Å²) < 4.78 is 72.2. The first-order chi connectivity index (χ1) is 13.3. The van der Waals surface area contributed by atoms with Gasteiger partial charge in [0.2, 0.25) is 5.50 Å². The van der Waals surface area contributed by atoms with Crippen molar-refractivity contribution in [2.45, 2.75) is 37.0 Å². The van der Waals surface area contributed by atoms with Crippen molar-refractivity contribution in [2.24, 2.45) is 0 Å². The third-order valence-corrected chi connectivity index (χ3v) is 4.32. The van der Waals surface area contributed by atoms with Crippen molar-refractivity contribution in [1.82, 2.24) is 10.6 Å². The third-order valence-electron chi connectivity index (χ3n) is 3.99. The zero-order valence-corrected chi connectivity index (χ0v) is 15.7. The molecule has 2 unspecified atom stereocenters. The molecule has 0 saturated carbocycles. The van der Waals surface area contributed by atoms with Gasteiger partial charge < -0.3 is 20.1 Å². The average molecular weight is 428 g/mol. The minimum Gasteiger partial charge on any atom is -0.490 e. The molecule has 1 amide bonds. The van der Waals surface area contributed by atoms with Gasteiger partial charge in [0.05, 0.1) is 17.7 Å². The Labute approximate surface area is 163 Å². The lowest BCUT2D eigenvalue weighted by atomic mass is 10.0. The number of rotatable bonds is 9. The summed E-state index contributed by atoms with van der Waals surface area (Å²) in [4.78, 5) is 12.5. The van der Waals surface area contributed by atoms with Gasteiger partial charge in [-0.3, -0.25) is 4.79 Å². The Morgan fingerprint density at radius 2 is 2.11 bits per heavy atom. The maximum absolute atomic E-state index is 13.0. The smallest absolute Gasteiger partial charge is 0.422 e. The molecule has 1 fully saturated rings. The largest absolute Gasteiger partial charge is 0.490 e. The lowest BCUT2D eigenvalue weighted by Gasteiger charge is -2.24. The molecule has 1 saturated heterocycles. The van der Waals surface area contributed by atoms with Gasteiger partial charge in [0, 0.05) is 12.6 Å². The first kappa shape index (κ1) is 22.5. The van der Waals surface area contributed by atoms with Crippen LogP contribution < -0.4 is 20.1 Å². The van der Waals surface area contributed by atoms with Crippen molar-refractivity contribution in [2.75, 3.05) is 26.3 Å². The van der Waals surface area contributed by atoms with Crippen LogP contribution >= 0.6 is 12.1 Å². The molecule has 28 heavy (non-hydrogen) atoms.